The molecule has 1 N–H and O–H groups in total. The number of hydrogen-bond acceptors (Lipinski definition) is 7. The van der Waals surface area contributed by atoms with Crippen molar-refractivity contribution in [1.82, 2.24) is 0 Å². The second-order valence-corrected chi connectivity index (χ2v) is 29.1. The van der Waals surface area contributed by atoms with Gasteiger partial charge in [-0.25, -0.2) is 4.79 Å². The lowest BCUT2D eigenvalue weighted by atomic mass is 10.0. The van der Waals surface area contributed by atoms with Crippen molar-refractivity contribution in [3.8, 4) is 0 Å². The Kier molecular flexibility index (Phi) is 70.7. The third-order valence-electron chi connectivity index (χ3n) is 18.9. The van der Waals surface area contributed by atoms with E-state index in [1.807, 2.05) is 21.1 Å². The van der Waals surface area contributed by atoms with E-state index in [-0.39, 0.29) is 38.2 Å². The molecule has 0 aliphatic rings. The van der Waals surface area contributed by atoms with Gasteiger partial charge in [0.2, 0.25) is 0 Å². The van der Waals surface area contributed by atoms with Gasteiger partial charge < -0.3 is 28.5 Å². The molecule has 9 heteroatoms. The first-order chi connectivity index (χ1) is 43.6. The molecule has 89 heavy (non-hydrogen) atoms. The van der Waals surface area contributed by atoms with E-state index >= 15 is 0 Å². The average Bonchev–Trinajstić information content (AvgIpc) is 3.55. The van der Waals surface area contributed by atoms with Crippen molar-refractivity contribution in [3.63, 3.8) is 0 Å². The van der Waals surface area contributed by atoms with Crippen molar-refractivity contribution in [1.29, 1.82) is 0 Å². The van der Waals surface area contributed by atoms with Crippen molar-refractivity contribution < 1.29 is 42.9 Å². The summed E-state index contributed by atoms with van der Waals surface area (Å²) < 4.78 is 23.1. The zero-order valence-electron chi connectivity index (χ0n) is 60.9. The number of aliphatic carboxylic acids is 1. The van der Waals surface area contributed by atoms with Gasteiger partial charge in [-0.05, 0) is 12.8 Å². The number of carboxylic acids is 1. The zero-order chi connectivity index (χ0) is 64.7. The lowest BCUT2D eigenvalue weighted by Crippen LogP contribution is -2.40. The summed E-state index contributed by atoms with van der Waals surface area (Å²) >= 11 is 0. The Hall–Kier alpha value is -1.71. The van der Waals surface area contributed by atoms with Crippen LogP contribution in [-0.2, 0) is 33.3 Å². The Balaban J connectivity index is 3.95. The highest BCUT2D eigenvalue weighted by atomic mass is 16.7. The van der Waals surface area contributed by atoms with E-state index in [0.29, 0.717) is 17.4 Å². The first kappa shape index (κ1) is 87.3. The van der Waals surface area contributed by atoms with Crippen molar-refractivity contribution in [2.75, 3.05) is 47.5 Å². The zero-order valence-corrected chi connectivity index (χ0v) is 60.9. The molecule has 9 nitrogen and oxygen atoms in total. The normalized spacial score (nSPS) is 12.5. The maximum Gasteiger partial charge on any atom is 0.361 e. The molecule has 0 aromatic heterocycles. The molecule has 0 aliphatic heterocycles. The number of carboxylic acid groups (broad SMARTS) is 1. The lowest BCUT2D eigenvalue weighted by molar-refractivity contribution is -0.870. The number of nitrogens with zero attached hydrogens (tertiary/aromatic N) is 1. The van der Waals surface area contributed by atoms with Crippen LogP contribution in [0.1, 0.15) is 438 Å². The second-order valence-electron chi connectivity index (χ2n) is 29.1. The maximum atomic E-state index is 13.0. The molecular weight excluding hydrogens is 1100 g/mol. The standard InChI is InChI=1S/C80H157NO8/c1-6-8-10-12-14-16-18-20-22-24-26-28-30-32-34-36-38-40-42-44-46-48-50-52-54-56-58-60-62-64-66-68-70-77(82)87-74-76(75-88-80(79(84)85)86-73-72-81(3,4)5)89-78(83)71-69-67-65-63-61-59-57-55-53-51-49-47-45-43-41-39-37-35-33-31-29-27-25-23-21-19-17-15-13-11-9-7-2/h76,80H,6-75H2,1-5H3/p+1. The number of carbonyl (C=O) groups excluding carboxylic acids is 2. The summed E-state index contributed by atoms with van der Waals surface area (Å²) in [6, 6.07) is 0. The van der Waals surface area contributed by atoms with Crippen LogP contribution in [0.2, 0.25) is 0 Å². The maximum absolute atomic E-state index is 13.0. The van der Waals surface area contributed by atoms with Crippen LogP contribution in [0.25, 0.3) is 0 Å². The minimum atomic E-state index is -1.51. The predicted molar refractivity (Wildman–Crippen MR) is 383 cm³/mol. The number of carbonyl (C=O) groups is 3. The minimum Gasteiger partial charge on any atom is -0.477 e. The summed E-state index contributed by atoms with van der Waals surface area (Å²) in [5.74, 6) is -1.96. The van der Waals surface area contributed by atoms with E-state index in [9.17, 15) is 19.5 Å². The highest BCUT2D eigenvalue weighted by Crippen LogP contribution is 2.21. The van der Waals surface area contributed by atoms with Gasteiger partial charge in [0.1, 0.15) is 13.2 Å². The average molecular weight is 1260 g/mol. The van der Waals surface area contributed by atoms with Crippen molar-refractivity contribution in [3.05, 3.63) is 0 Å². The van der Waals surface area contributed by atoms with Crippen molar-refractivity contribution in [2.45, 2.75) is 450 Å². The summed E-state index contributed by atoms with van der Waals surface area (Å²) in [6.45, 7) is 4.99. The molecule has 530 valence electrons. The van der Waals surface area contributed by atoms with Gasteiger partial charge in [-0.3, -0.25) is 9.59 Å². The Morgan fingerprint density at radius 3 is 0.719 bits per heavy atom. The van der Waals surface area contributed by atoms with Gasteiger partial charge >= 0.3 is 17.9 Å². The smallest absolute Gasteiger partial charge is 0.361 e. The highest BCUT2D eigenvalue weighted by molar-refractivity contribution is 5.71. The number of esters is 2. The SMILES string of the molecule is CCCCCCCCCCCCCCCCCCCCCCCCCCCCCCCCCCC(=O)OCC(COC(OCC[N+](C)(C)C)C(=O)O)OC(=O)CCCCCCCCCCCCCCCCCCCCCCCCCCCCCCCCCC. The molecule has 2 unspecified atom stereocenters. The van der Waals surface area contributed by atoms with Crippen LogP contribution >= 0.6 is 0 Å². The van der Waals surface area contributed by atoms with Crippen molar-refractivity contribution >= 4 is 17.9 Å². The molecule has 0 aliphatic carbocycles. The molecule has 0 bridgehead atoms. The van der Waals surface area contributed by atoms with Crippen LogP contribution in [0, 0.1) is 0 Å². The van der Waals surface area contributed by atoms with E-state index in [4.69, 9.17) is 18.9 Å². The third-order valence-corrected chi connectivity index (χ3v) is 18.9. The fraction of sp³-hybridized carbons (Fsp3) is 0.963. The summed E-state index contributed by atoms with van der Waals surface area (Å²) in [5.41, 5.74) is 0. The van der Waals surface area contributed by atoms with Gasteiger partial charge in [0, 0.05) is 12.8 Å². The summed E-state index contributed by atoms with van der Waals surface area (Å²) in [7, 11) is 6.00. The highest BCUT2D eigenvalue weighted by Gasteiger charge is 2.25. The lowest BCUT2D eigenvalue weighted by Gasteiger charge is -2.25. The molecule has 0 saturated carbocycles. The molecule has 0 amide bonds. The number of unbranched alkanes of at least 4 members (excludes halogenated alkanes) is 62. The Morgan fingerprint density at radius 2 is 0.506 bits per heavy atom. The number of ether oxygens (including phenoxy) is 4. The topological polar surface area (TPSA) is 108 Å². The molecule has 2 atom stereocenters. The number of rotatable bonds is 77. The monoisotopic (exact) mass is 1260 g/mol. The Bertz CT molecular complexity index is 1420. The molecule has 0 spiro atoms. The summed E-state index contributed by atoms with van der Waals surface area (Å²) in [6.07, 6.45) is 85.6. The fourth-order valence-electron chi connectivity index (χ4n) is 12.7. The first-order valence-electron chi connectivity index (χ1n) is 40.2. The van der Waals surface area contributed by atoms with Gasteiger partial charge in [0.25, 0.3) is 6.29 Å². The Morgan fingerprint density at radius 1 is 0.292 bits per heavy atom. The quantitative estimate of drug-likeness (QED) is 0.0278. The van der Waals surface area contributed by atoms with Crippen LogP contribution in [0.15, 0.2) is 0 Å². The molecule has 0 fully saturated rings. The number of quaternary nitrogens is 1. The molecule has 0 saturated heterocycles. The van der Waals surface area contributed by atoms with Gasteiger partial charge in [0.05, 0.1) is 34.4 Å². The van der Waals surface area contributed by atoms with Crippen LogP contribution in [0.5, 0.6) is 0 Å². The number of likely N-dealkylation sites (N-methyl/N-ethyl adjacent to an activating group) is 1. The van der Waals surface area contributed by atoms with E-state index < -0.39 is 18.4 Å². The van der Waals surface area contributed by atoms with E-state index in [2.05, 4.69) is 13.8 Å². The van der Waals surface area contributed by atoms with Crippen LogP contribution < -0.4 is 0 Å². The van der Waals surface area contributed by atoms with Crippen LogP contribution in [0.4, 0.5) is 0 Å². The fourth-order valence-corrected chi connectivity index (χ4v) is 12.7. The number of hydrogen-bond donors (Lipinski definition) is 1. The Labute approximate surface area is 555 Å². The minimum absolute atomic E-state index is 0.172. The second kappa shape index (κ2) is 72.1. The predicted octanol–water partition coefficient (Wildman–Crippen LogP) is 25.4. The summed E-state index contributed by atoms with van der Waals surface area (Å²) in [5, 5.41) is 9.77. The summed E-state index contributed by atoms with van der Waals surface area (Å²) in [4.78, 5) is 37.7. The van der Waals surface area contributed by atoms with Gasteiger partial charge in [0.15, 0.2) is 6.10 Å². The third kappa shape index (κ3) is 73.6. The molecule has 0 radical (unpaired) electrons. The van der Waals surface area contributed by atoms with Crippen LogP contribution in [0.3, 0.4) is 0 Å². The van der Waals surface area contributed by atoms with Crippen LogP contribution in [-0.4, -0.2) is 87.4 Å². The van der Waals surface area contributed by atoms with Crippen molar-refractivity contribution in [2.24, 2.45) is 0 Å². The molecular formula is C80H158NO8+. The van der Waals surface area contributed by atoms with Gasteiger partial charge in [-0.1, -0.05) is 412 Å². The molecule has 0 aromatic carbocycles. The van der Waals surface area contributed by atoms with Gasteiger partial charge in [-0.15, -0.1) is 0 Å². The van der Waals surface area contributed by atoms with E-state index in [1.54, 1.807) is 0 Å². The molecule has 0 rings (SSSR count). The van der Waals surface area contributed by atoms with E-state index in [1.165, 1.54) is 372 Å². The molecule has 0 aromatic rings. The van der Waals surface area contributed by atoms with Gasteiger partial charge in [-0.2, -0.15) is 0 Å². The van der Waals surface area contributed by atoms with E-state index in [0.717, 1.165) is 38.5 Å². The largest absolute Gasteiger partial charge is 0.477 e. The first-order valence-corrected chi connectivity index (χ1v) is 40.2. The molecule has 0 heterocycles.